The molecule has 0 saturated carbocycles. The van der Waals surface area contributed by atoms with Gasteiger partial charge in [-0.1, -0.05) is 25.4 Å². The third kappa shape index (κ3) is 2.14. The maximum atomic E-state index is 6.05. The molecule has 0 radical (unpaired) electrons. The molecule has 96 valence electrons. The lowest BCUT2D eigenvalue weighted by Gasteiger charge is -2.35. The van der Waals surface area contributed by atoms with Gasteiger partial charge in [-0.25, -0.2) is 0 Å². The third-order valence-electron chi connectivity index (χ3n) is 2.95. The van der Waals surface area contributed by atoms with Crippen molar-refractivity contribution in [1.82, 2.24) is 19.6 Å². The molecule has 1 saturated heterocycles. The minimum Gasteiger partial charge on any atom is -0.354 e. The molecule has 0 N–H and O–H groups in total. The van der Waals surface area contributed by atoms with Crippen LogP contribution in [0.3, 0.4) is 0 Å². The average Bonchev–Trinajstić information content (AvgIpc) is 2.74. The van der Waals surface area contributed by atoms with Crippen LogP contribution < -0.4 is 4.90 Å². The molecule has 1 fully saturated rings. The summed E-state index contributed by atoms with van der Waals surface area (Å²) >= 11 is 8.06. The zero-order valence-electron chi connectivity index (χ0n) is 10.2. The Balaban J connectivity index is 2.05. The minimum absolute atomic E-state index is 0.462. The van der Waals surface area contributed by atoms with E-state index in [0.717, 1.165) is 18.9 Å². The van der Waals surface area contributed by atoms with Crippen molar-refractivity contribution < 1.29 is 0 Å². The Hall–Kier alpha value is -1.01. The first kappa shape index (κ1) is 12.0. The van der Waals surface area contributed by atoms with E-state index in [-0.39, 0.29) is 0 Å². The number of halogens is 1. The van der Waals surface area contributed by atoms with E-state index in [1.54, 1.807) is 4.52 Å². The first-order chi connectivity index (χ1) is 8.63. The lowest BCUT2D eigenvalue weighted by Crippen LogP contribution is -2.41. The molecule has 0 spiro atoms. The Labute approximate surface area is 115 Å². The predicted molar refractivity (Wildman–Crippen MR) is 74.5 cm³/mol. The van der Waals surface area contributed by atoms with Gasteiger partial charge in [-0.15, -0.1) is 0 Å². The summed E-state index contributed by atoms with van der Waals surface area (Å²) < 4.78 is 1.75. The molecule has 2 aromatic heterocycles. The van der Waals surface area contributed by atoms with Crippen molar-refractivity contribution in [2.24, 2.45) is 0 Å². The van der Waals surface area contributed by atoms with Gasteiger partial charge in [-0.2, -0.15) is 31.3 Å². The van der Waals surface area contributed by atoms with E-state index >= 15 is 0 Å². The van der Waals surface area contributed by atoms with Crippen LogP contribution in [-0.2, 0) is 0 Å². The van der Waals surface area contributed by atoms with Crippen LogP contribution in [0.4, 0.5) is 5.82 Å². The number of nitrogens with zero attached hydrogens (tertiary/aromatic N) is 5. The summed E-state index contributed by atoms with van der Waals surface area (Å²) in [6.45, 7) is 6.47. The smallest absolute Gasteiger partial charge is 0.255 e. The third-order valence-corrected chi connectivity index (χ3v) is 4.37. The summed E-state index contributed by atoms with van der Waals surface area (Å²) in [5.74, 6) is 1.53. The first-order valence-electron chi connectivity index (χ1n) is 5.90. The van der Waals surface area contributed by atoms with Gasteiger partial charge in [0, 0.05) is 29.7 Å². The van der Waals surface area contributed by atoms with Gasteiger partial charge in [0.15, 0.2) is 0 Å². The molecule has 2 unspecified atom stereocenters. The van der Waals surface area contributed by atoms with Crippen LogP contribution >= 0.6 is 23.4 Å². The van der Waals surface area contributed by atoms with Crippen LogP contribution in [0.25, 0.3) is 5.78 Å². The Bertz CT molecular complexity index is 562. The summed E-state index contributed by atoms with van der Waals surface area (Å²) in [6.07, 6.45) is 1.51. The van der Waals surface area contributed by atoms with E-state index in [9.17, 15) is 0 Å². The molecule has 2 aromatic rings. The summed E-state index contributed by atoms with van der Waals surface area (Å²) in [6, 6.07) is 1.86. The van der Waals surface area contributed by atoms with Crippen LogP contribution in [-0.4, -0.2) is 43.2 Å². The fraction of sp³-hybridized carbons (Fsp3) is 0.545. The van der Waals surface area contributed by atoms with Gasteiger partial charge >= 0.3 is 0 Å². The molecule has 7 heteroatoms. The Morgan fingerprint density at radius 1 is 1.33 bits per heavy atom. The van der Waals surface area contributed by atoms with Crippen molar-refractivity contribution in [1.29, 1.82) is 0 Å². The number of anilines is 1. The first-order valence-corrected chi connectivity index (χ1v) is 7.22. The van der Waals surface area contributed by atoms with Gasteiger partial charge in [-0.3, -0.25) is 0 Å². The minimum atomic E-state index is 0.462. The lowest BCUT2D eigenvalue weighted by atomic mass is 10.3. The van der Waals surface area contributed by atoms with Gasteiger partial charge in [-0.05, 0) is 0 Å². The highest BCUT2D eigenvalue weighted by Gasteiger charge is 2.24. The molecule has 3 heterocycles. The molecule has 3 rings (SSSR count). The Morgan fingerprint density at radius 2 is 2.06 bits per heavy atom. The van der Waals surface area contributed by atoms with Crippen molar-refractivity contribution >= 4 is 35.0 Å². The number of aromatic nitrogens is 4. The maximum absolute atomic E-state index is 6.05. The van der Waals surface area contributed by atoms with Crippen molar-refractivity contribution in [2.75, 3.05) is 18.0 Å². The summed E-state index contributed by atoms with van der Waals surface area (Å²) in [5, 5.41) is 5.88. The lowest BCUT2D eigenvalue weighted by molar-refractivity contribution is 0.702. The van der Waals surface area contributed by atoms with Crippen molar-refractivity contribution in [2.45, 2.75) is 24.3 Å². The van der Waals surface area contributed by atoms with Crippen LogP contribution in [0.1, 0.15) is 13.8 Å². The highest BCUT2D eigenvalue weighted by Crippen LogP contribution is 2.29. The molecule has 1 aliphatic heterocycles. The van der Waals surface area contributed by atoms with Gasteiger partial charge in [0.05, 0.1) is 0 Å². The van der Waals surface area contributed by atoms with Gasteiger partial charge in [0.25, 0.3) is 5.78 Å². The summed E-state index contributed by atoms with van der Waals surface area (Å²) in [7, 11) is 0. The average molecular weight is 284 g/mol. The molecule has 0 aliphatic carbocycles. The monoisotopic (exact) mass is 283 g/mol. The number of rotatable bonds is 1. The maximum Gasteiger partial charge on any atom is 0.255 e. The molecule has 5 nitrogen and oxygen atoms in total. The molecule has 0 aromatic carbocycles. The van der Waals surface area contributed by atoms with E-state index < -0.39 is 0 Å². The fourth-order valence-corrected chi connectivity index (χ4v) is 3.86. The van der Waals surface area contributed by atoms with Crippen LogP contribution in [0, 0.1) is 0 Å². The predicted octanol–water partition coefficient (Wildman–Crippen LogP) is 2.11. The van der Waals surface area contributed by atoms with Crippen molar-refractivity contribution in [3.05, 3.63) is 17.5 Å². The molecule has 1 aliphatic rings. The number of thioether (sulfide) groups is 1. The Kier molecular flexibility index (Phi) is 3.07. The van der Waals surface area contributed by atoms with E-state index in [1.165, 1.54) is 6.33 Å². The molecular formula is C11H14ClN5S. The molecule has 18 heavy (non-hydrogen) atoms. The second kappa shape index (κ2) is 4.59. The highest BCUT2D eigenvalue weighted by molar-refractivity contribution is 8.00. The quantitative estimate of drug-likeness (QED) is 0.750. The fourth-order valence-electron chi connectivity index (χ4n) is 2.36. The zero-order valence-corrected chi connectivity index (χ0v) is 11.8. The number of hydrogen-bond acceptors (Lipinski definition) is 5. The van der Waals surface area contributed by atoms with Crippen LogP contribution in [0.5, 0.6) is 0 Å². The highest BCUT2D eigenvalue weighted by atomic mass is 35.5. The number of hydrogen-bond donors (Lipinski definition) is 0. The van der Waals surface area contributed by atoms with E-state index in [0.29, 0.717) is 21.4 Å². The normalized spacial score (nSPS) is 24.7. The summed E-state index contributed by atoms with van der Waals surface area (Å²) in [5.41, 5.74) is 0. The second-order valence-corrected chi connectivity index (χ2v) is 6.84. The van der Waals surface area contributed by atoms with Gasteiger partial charge < -0.3 is 4.90 Å². The van der Waals surface area contributed by atoms with Crippen molar-refractivity contribution in [3.8, 4) is 0 Å². The van der Waals surface area contributed by atoms with Gasteiger partial charge in [0.2, 0.25) is 0 Å². The standard InChI is InChI=1S/C11H14ClN5S/c1-7-4-16(5-8(2)18-7)10-3-9(12)15-11-13-6-14-17(10)11/h3,6-8H,4-5H2,1-2H3. The molecule has 0 amide bonds. The molecule has 2 atom stereocenters. The topological polar surface area (TPSA) is 46.3 Å². The van der Waals surface area contributed by atoms with E-state index in [4.69, 9.17) is 11.6 Å². The molecular weight excluding hydrogens is 270 g/mol. The largest absolute Gasteiger partial charge is 0.354 e. The zero-order chi connectivity index (χ0) is 12.7. The summed E-state index contributed by atoms with van der Waals surface area (Å²) in [4.78, 5) is 10.6. The van der Waals surface area contributed by atoms with Crippen LogP contribution in [0.15, 0.2) is 12.4 Å². The van der Waals surface area contributed by atoms with Crippen molar-refractivity contribution in [3.63, 3.8) is 0 Å². The SMILES string of the molecule is CC1CN(c2cc(Cl)nc3ncnn23)CC(C)S1. The number of fused-ring (bicyclic) bond motifs is 1. The molecule has 0 bridgehead atoms. The Morgan fingerprint density at radius 3 is 2.78 bits per heavy atom. The second-order valence-electron chi connectivity index (χ2n) is 4.57. The van der Waals surface area contributed by atoms with Crippen LogP contribution in [0.2, 0.25) is 5.15 Å². The van der Waals surface area contributed by atoms with Gasteiger partial charge in [0.1, 0.15) is 17.3 Å². The van der Waals surface area contributed by atoms with E-state index in [2.05, 4.69) is 33.8 Å². The van der Waals surface area contributed by atoms with E-state index in [1.807, 2.05) is 17.8 Å².